The maximum Gasteiger partial charge on any atom is 0.277 e. The number of ether oxygens (including phenoxy) is 1. The molecule has 0 aliphatic carbocycles. The summed E-state index contributed by atoms with van der Waals surface area (Å²) in [5, 5.41) is 7.62. The highest BCUT2D eigenvalue weighted by molar-refractivity contribution is 9.10. The number of carbonyl (C=O) groups is 1. The summed E-state index contributed by atoms with van der Waals surface area (Å²) < 4.78 is 11.6. The van der Waals surface area contributed by atoms with Crippen LogP contribution in [-0.4, -0.2) is 23.4 Å². The fourth-order valence-corrected chi connectivity index (χ4v) is 1.95. The zero-order chi connectivity index (χ0) is 15.9. The second-order valence-electron chi connectivity index (χ2n) is 4.54. The molecule has 0 saturated heterocycles. The number of amides is 1. The van der Waals surface area contributed by atoms with Gasteiger partial charge in [0.2, 0.25) is 0 Å². The summed E-state index contributed by atoms with van der Waals surface area (Å²) in [5.41, 5.74) is 4.01. The van der Waals surface area contributed by atoms with Crippen molar-refractivity contribution in [1.82, 2.24) is 10.6 Å². The molecule has 0 aliphatic heterocycles. The summed E-state index contributed by atoms with van der Waals surface area (Å²) in [6.07, 6.45) is 2.33. The minimum absolute atomic E-state index is 0.136. The van der Waals surface area contributed by atoms with E-state index in [0.29, 0.717) is 17.1 Å². The van der Waals surface area contributed by atoms with Crippen LogP contribution in [-0.2, 0) is 4.79 Å². The normalized spacial score (nSPS) is 11.3. The third-order valence-corrected chi connectivity index (χ3v) is 3.38. The molecule has 6 nitrogen and oxygen atoms in total. The van der Waals surface area contributed by atoms with E-state index < -0.39 is 0 Å². The molecule has 0 aliphatic rings. The molecule has 0 fully saturated rings. The fourth-order valence-electron chi connectivity index (χ4n) is 1.59. The largest absolute Gasteiger partial charge is 0.483 e. The predicted octanol–water partition coefficient (Wildman–Crippen LogP) is 3.39. The topological polar surface area (TPSA) is 76.7 Å². The molecule has 0 atom stereocenters. The van der Waals surface area contributed by atoms with Gasteiger partial charge in [-0.1, -0.05) is 28.0 Å². The molecule has 1 aromatic carbocycles. The van der Waals surface area contributed by atoms with Gasteiger partial charge >= 0.3 is 0 Å². The van der Waals surface area contributed by atoms with E-state index in [0.717, 1.165) is 16.6 Å². The molecule has 22 heavy (non-hydrogen) atoms. The van der Waals surface area contributed by atoms with Crippen molar-refractivity contribution in [1.29, 1.82) is 0 Å². The van der Waals surface area contributed by atoms with Crippen LogP contribution in [0.15, 0.2) is 44.6 Å². The van der Waals surface area contributed by atoms with Crippen molar-refractivity contribution in [2.75, 3.05) is 6.61 Å². The van der Waals surface area contributed by atoms with E-state index in [1.54, 1.807) is 18.3 Å². The van der Waals surface area contributed by atoms with E-state index in [1.807, 2.05) is 26.0 Å². The highest BCUT2D eigenvalue weighted by Gasteiger charge is 2.12. The summed E-state index contributed by atoms with van der Waals surface area (Å²) in [6, 6.07) is 7.15. The van der Waals surface area contributed by atoms with E-state index in [1.165, 1.54) is 0 Å². The van der Waals surface area contributed by atoms with Gasteiger partial charge in [0, 0.05) is 16.3 Å². The minimum atomic E-state index is -0.320. The standard InChI is InChI=1S/C15H16BrN3O3/c1-3-10(2)18-19-15(20)9-21-13-5-4-11(16)8-12(13)14-6-7-17-22-14/h4-8H,3,9H2,1-2H3,(H,19,20)/b18-10-. The van der Waals surface area contributed by atoms with E-state index in [9.17, 15) is 4.79 Å². The maximum atomic E-state index is 11.7. The summed E-state index contributed by atoms with van der Waals surface area (Å²) >= 11 is 3.40. The van der Waals surface area contributed by atoms with Crippen LogP contribution >= 0.6 is 15.9 Å². The van der Waals surface area contributed by atoms with Gasteiger partial charge in [0.25, 0.3) is 5.91 Å². The molecule has 7 heteroatoms. The average Bonchev–Trinajstić information content (AvgIpc) is 3.05. The Hall–Kier alpha value is -2.15. The van der Waals surface area contributed by atoms with Crippen molar-refractivity contribution in [3.8, 4) is 17.1 Å². The van der Waals surface area contributed by atoms with Crippen molar-refractivity contribution < 1.29 is 14.1 Å². The van der Waals surface area contributed by atoms with Crippen molar-refractivity contribution in [2.45, 2.75) is 20.3 Å². The Morgan fingerprint density at radius 2 is 2.27 bits per heavy atom. The van der Waals surface area contributed by atoms with E-state index in [4.69, 9.17) is 9.26 Å². The molecule has 116 valence electrons. The first-order valence-corrected chi connectivity index (χ1v) is 7.55. The third kappa shape index (κ3) is 4.42. The quantitative estimate of drug-likeness (QED) is 0.628. The molecule has 0 spiro atoms. The van der Waals surface area contributed by atoms with Gasteiger partial charge in [0.15, 0.2) is 12.4 Å². The first-order chi connectivity index (χ1) is 10.6. The molecule has 2 aromatic rings. The Morgan fingerprint density at radius 1 is 1.45 bits per heavy atom. The first kappa shape index (κ1) is 16.2. The molecule has 0 radical (unpaired) electrons. The van der Waals surface area contributed by atoms with Gasteiger partial charge in [-0.2, -0.15) is 5.10 Å². The highest BCUT2D eigenvalue weighted by atomic mass is 79.9. The van der Waals surface area contributed by atoms with Crippen molar-refractivity contribution in [2.24, 2.45) is 5.10 Å². The summed E-state index contributed by atoms with van der Waals surface area (Å²) in [6.45, 7) is 3.67. The van der Waals surface area contributed by atoms with Gasteiger partial charge in [-0.25, -0.2) is 5.43 Å². The van der Waals surface area contributed by atoms with E-state index >= 15 is 0 Å². The van der Waals surface area contributed by atoms with Crippen LogP contribution < -0.4 is 10.2 Å². The van der Waals surface area contributed by atoms with Crippen LogP contribution in [0.25, 0.3) is 11.3 Å². The monoisotopic (exact) mass is 365 g/mol. The Bertz CT molecular complexity index is 669. The number of hydrazone groups is 1. The molecule has 0 saturated carbocycles. The van der Waals surface area contributed by atoms with Gasteiger partial charge in [-0.15, -0.1) is 0 Å². The zero-order valence-corrected chi connectivity index (χ0v) is 13.9. The highest BCUT2D eigenvalue weighted by Crippen LogP contribution is 2.32. The first-order valence-electron chi connectivity index (χ1n) is 6.75. The fraction of sp³-hybridized carbons (Fsp3) is 0.267. The molecule has 1 aromatic heterocycles. The number of halogens is 1. The Morgan fingerprint density at radius 3 is 2.95 bits per heavy atom. The van der Waals surface area contributed by atoms with Gasteiger partial charge in [0.1, 0.15) is 5.75 Å². The lowest BCUT2D eigenvalue weighted by atomic mass is 10.1. The number of hydrogen-bond donors (Lipinski definition) is 1. The predicted molar refractivity (Wildman–Crippen MR) is 86.7 cm³/mol. The lowest BCUT2D eigenvalue weighted by molar-refractivity contribution is -0.123. The van der Waals surface area contributed by atoms with Gasteiger partial charge < -0.3 is 9.26 Å². The summed E-state index contributed by atoms with van der Waals surface area (Å²) in [7, 11) is 0. The second kappa shape index (κ2) is 7.74. The van der Waals surface area contributed by atoms with Crippen LogP contribution in [0.3, 0.4) is 0 Å². The smallest absolute Gasteiger partial charge is 0.277 e. The molecular formula is C15H16BrN3O3. The Kier molecular flexibility index (Phi) is 5.71. The zero-order valence-electron chi connectivity index (χ0n) is 12.3. The molecule has 0 bridgehead atoms. The number of benzene rings is 1. The average molecular weight is 366 g/mol. The molecule has 1 heterocycles. The van der Waals surface area contributed by atoms with Crippen LogP contribution in [0.1, 0.15) is 20.3 Å². The lowest BCUT2D eigenvalue weighted by Crippen LogP contribution is -2.25. The van der Waals surface area contributed by atoms with Crippen molar-refractivity contribution in [3.63, 3.8) is 0 Å². The number of nitrogens with zero attached hydrogens (tertiary/aromatic N) is 2. The van der Waals surface area contributed by atoms with Crippen LogP contribution in [0, 0.1) is 0 Å². The van der Waals surface area contributed by atoms with Crippen molar-refractivity contribution in [3.05, 3.63) is 34.9 Å². The van der Waals surface area contributed by atoms with Crippen LogP contribution in [0.2, 0.25) is 0 Å². The van der Waals surface area contributed by atoms with Crippen LogP contribution in [0.4, 0.5) is 0 Å². The molecule has 2 rings (SSSR count). The number of carbonyl (C=O) groups excluding carboxylic acids is 1. The van der Waals surface area contributed by atoms with Crippen LogP contribution in [0.5, 0.6) is 5.75 Å². The van der Waals surface area contributed by atoms with E-state index in [-0.39, 0.29) is 12.5 Å². The number of rotatable bonds is 6. The number of nitrogens with one attached hydrogen (secondary N) is 1. The maximum absolute atomic E-state index is 11.7. The number of aromatic nitrogens is 1. The summed E-state index contributed by atoms with van der Waals surface area (Å²) in [5.74, 6) is 0.780. The Balaban J connectivity index is 2.06. The Labute approximate surface area is 136 Å². The van der Waals surface area contributed by atoms with Gasteiger partial charge in [-0.05, 0) is 31.5 Å². The third-order valence-electron chi connectivity index (χ3n) is 2.89. The molecular weight excluding hydrogens is 350 g/mol. The second-order valence-corrected chi connectivity index (χ2v) is 5.46. The van der Waals surface area contributed by atoms with E-state index in [2.05, 4.69) is 31.6 Å². The molecule has 1 N–H and O–H groups in total. The van der Waals surface area contributed by atoms with Crippen molar-refractivity contribution >= 4 is 27.5 Å². The van der Waals surface area contributed by atoms with Gasteiger partial charge in [-0.3, -0.25) is 4.79 Å². The molecule has 1 amide bonds. The minimum Gasteiger partial charge on any atom is -0.483 e. The molecule has 0 unspecified atom stereocenters. The lowest BCUT2D eigenvalue weighted by Gasteiger charge is -2.09. The summed E-state index contributed by atoms with van der Waals surface area (Å²) in [4.78, 5) is 11.7. The SMILES string of the molecule is CC/C(C)=N\NC(=O)COc1ccc(Br)cc1-c1ccno1. The number of hydrogen-bond acceptors (Lipinski definition) is 5. The van der Waals surface area contributed by atoms with Gasteiger partial charge in [0.05, 0.1) is 11.8 Å².